The number of aromatic nitrogens is 3. The molecule has 0 spiro atoms. The van der Waals surface area contributed by atoms with Crippen molar-refractivity contribution >= 4 is 18.1 Å². The Labute approximate surface area is 68.9 Å². The molecule has 0 amide bonds. The average Bonchev–Trinajstić information content (AvgIpc) is 2.33. The van der Waals surface area contributed by atoms with Crippen LogP contribution in [-0.2, 0) is 0 Å². The molecule has 0 bridgehead atoms. The molecule has 58 valence electrons. The van der Waals surface area contributed by atoms with E-state index >= 15 is 0 Å². The van der Waals surface area contributed by atoms with E-state index in [9.17, 15) is 0 Å². The Balaban J connectivity index is 0.000000605. The quantitative estimate of drug-likeness (QED) is 0.640. The van der Waals surface area contributed by atoms with Crippen LogP contribution in [0.4, 0.5) is 0 Å². The molecule has 2 aromatic rings. The van der Waals surface area contributed by atoms with Crippen LogP contribution in [0.2, 0.25) is 0 Å². The van der Waals surface area contributed by atoms with Crippen LogP contribution in [0.25, 0.3) is 5.65 Å². The Hall–Kier alpha value is -1.29. The van der Waals surface area contributed by atoms with Gasteiger partial charge in [-0.1, -0.05) is 0 Å². The number of pyridine rings is 1. The summed E-state index contributed by atoms with van der Waals surface area (Å²) >= 11 is 0. The van der Waals surface area contributed by atoms with Crippen LogP contribution in [0.5, 0.6) is 5.75 Å². The lowest BCUT2D eigenvalue weighted by atomic mass is 10.4. The van der Waals surface area contributed by atoms with Gasteiger partial charge in [0.05, 0.1) is 0 Å². The van der Waals surface area contributed by atoms with Crippen molar-refractivity contribution in [3.8, 4) is 5.75 Å². The Morgan fingerprint density at radius 2 is 2.27 bits per heavy atom. The predicted octanol–water partition coefficient (Wildman–Crippen LogP) is 0.857. The van der Waals surface area contributed by atoms with Gasteiger partial charge >= 0.3 is 0 Å². The van der Waals surface area contributed by atoms with Gasteiger partial charge in [0.2, 0.25) is 0 Å². The van der Waals surface area contributed by atoms with Gasteiger partial charge in [0.25, 0.3) is 0 Å². The largest absolute Gasteiger partial charge is 0.508 e. The van der Waals surface area contributed by atoms with Crippen LogP contribution in [0, 0.1) is 0 Å². The summed E-state index contributed by atoms with van der Waals surface area (Å²) in [6.07, 6.45) is 3.09. The van der Waals surface area contributed by atoms with Crippen molar-refractivity contribution in [2.75, 3.05) is 0 Å². The van der Waals surface area contributed by atoms with Gasteiger partial charge < -0.3 is 5.11 Å². The van der Waals surface area contributed by atoms with Crippen LogP contribution < -0.4 is 0 Å². The third-order valence-electron chi connectivity index (χ3n) is 1.26. The molecule has 0 radical (unpaired) electrons. The van der Waals surface area contributed by atoms with Gasteiger partial charge in [-0.3, -0.25) is 0 Å². The maximum Gasteiger partial charge on any atom is 0.158 e. The molecule has 0 atom stereocenters. The molecule has 2 heterocycles. The van der Waals surface area contributed by atoms with Crippen LogP contribution in [-0.4, -0.2) is 19.7 Å². The minimum atomic E-state index is 0. The standard InChI is InChI=1S/C6H5N3O.ClH/c10-5-1-2-9-6(3-5)7-4-8-9;/h1-4,10H;1H. The first kappa shape index (κ1) is 7.81. The van der Waals surface area contributed by atoms with E-state index < -0.39 is 0 Å². The summed E-state index contributed by atoms with van der Waals surface area (Å²) in [5, 5.41) is 12.8. The number of halogens is 1. The molecule has 5 heteroatoms. The molecule has 0 aliphatic rings. The molecule has 0 unspecified atom stereocenters. The lowest BCUT2D eigenvalue weighted by molar-refractivity contribution is 0.474. The Morgan fingerprint density at radius 1 is 1.45 bits per heavy atom. The molecule has 2 aromatic heterocycles. The van der Waals surface area contributed by atoms with Gasteiger partial charge in [0, 0.05) is 12.3 Å². The fourth-order valence-electron chi connectivity index (χ4n) is 0.805. The van der Waals surface area contributed by atoms with Crippen molar-refractivity contribution in [1.29, 1.82) is 0 Å². The Bertz CT molecular complexity index is 359. The van der Waals surface area contributed by atoms with Gasteiger partial charge in [-0.15, -0.1) is 12.4 Å². The maximum atomic E-state index is 8.97. The minimum Gasteiger partial charge on any atom is -0.508 e. The molecule has 0 saturated carbocycles. The smallest absolute Gasteiger partial charge is 0.158 e. The molecule has 11 heavy (non-hydrogen) atoms. The number of nitrogens with zero attached hydrogens (tertiary/aromatic N) is 3. The lowest BCUT2D eigenvalue weighted by Gasteiger charge is -1.90. The van der Waals surface area contributed by atoms with E-state index in [2.05, 4.69) is 10.1 Å². The molecule has 1 N–H and O–H groups in total. The van der Waals surface area contributed by atoms with Crippen molar-refractivity contribution in [3.63, 3.8) is 0 Å². The highest BCUT2D eigenvalue weighted by Gasteiger charge is 1.93. The third-order valence-corrected chi connectivity index (χ3v) is 1.26. The first-order valence-electron chi connectivity index (χ1n) is 2.84. The predicted molar refractivity (Wildman–Crippen MR) is 41.9 cm³/mol. The molecule has 2 rings (SSSR count). The summed E-state index contributed by atoms with van der Waals surface area (Å²) in [5.41, 5.74) is 0.653. The first-order chi connectivity index (χ1) is 4.86. The average molecular weight is 172 g/mol. The molecule has 4 nitrogen and oxygen atoms in total. The molecular formula is C6H6ClN3O. The molecule has 0 fully saturated rings. The van der Waals surface area contributed by atoms with E-state index in [4.69, 9.17) is 5.11 Å². The monoisotopic (exact) mass is 171 g/mol. The van der Waals surface area contributed by atoms with Crippen molar-refractivity contribution in [3.05, 3.63) is 24.7 Å². The normalized spacial score (nSPS) is 9.45. The highest BCUT2D eigenvalue weighted by molar-refractivity contribution is 5.85. The topological polar surface area (TPSA) is 50.4 Å². The minimum absolute atomic E-state index is 0. The van der Waals surface area contributed by atoms with Crippen molar-refractivity contribution in [2.24, 2.45) is 0 Å². The fourth-order valence-corrected chi connectivity index (χ4v) is 0.805. The second-order valence-electron chi connectivity index (χ2n) is 1.95. The van der Waals surface area contributed by atoms with Crippen molar-refractivity contribution < 1.29 is 5.11 Å². The van der Waals surface area contributed by atoms with E-state index in [0.717, 1.165) is 0 Å². The SMILES string of the molecule is Cl.Oc1ccn2ncnc2c1. The van der Waals surface area contributed by atoms with Crippen molar-refractivity contribution in [1.82, 2.24) is 14.6 Å². The van der Waals surface area contributed by atoms with Gasteiger partial charge in [-0.2, -0.15) is 5.10 Å². The molecule has 0 aromatic carbocycles. The fraction of sp³-hybridized carbons (Fsp3) is 0. The Morgan fingerprint density at radius 3 is 3.09 bits per heavy atom. The van der Waals surface area contributed by atoms with Crippen LogP contribution in [0.15, 0.2) is 24.7 Å². The maximum absolute atomic E-state index is 8.97. The van der Waals surface area contributed by atoms with E-state index in [1.54, 1.807) is 22.8 Å². The first-order valence-corrected chi connectivity index (χ1v) is 2.84. The lowest BCUT2D eigenvalue weighted by Crippen LogP contribution is -1.83. The van der Waals surface area contributed by atoms with Crippen LogP contribution >= 0.6 is 12.4 Å². The zero-order chi connectivity index (χ0) is 6.97. The number of fused-ring (bicyclic) bond motifs is 1. The van der Waals surface area contributed by atoms with Gasteiger partial charge in [0.1, 0.15) is 12.1 Å². The third kappa shape index (κ3) is 1.25. The van der Waals surface area contributed by atoms with Crippen molar-refractivity contribution in [2.45, 2.75) is 0 Å². The summed E-state index contributed by atoms with van der Waals surface area (Å²) in [6.45, 7) is 0. The van der Waals surface area contributed by atoms with E-state index in [0.29, 0.717) is 5.65 Å². The second-order valence-corrected chi connectivity index (χ2v) is 1.95. The van der Waals surface area contributed by atoms with Gasteiger partial charge in [0.15, 0.2) is 5.65 Å². The summed E-state index contributed by atoms with van der Waals surface area (Å²) in [6, 6.07) is 3.11. The van der Waals surface area contributed by atoms with Crippen LogP contribution in [0.3, 0.4) is 0 Å². The zero-order valence-corrected chi connectivity index (χ0v) is 6.32. The summed E-state index contributed by atoms with van der Waals surface area (Å²) in [5.74, 6) is 0.209. The number of hydrogen-bond donors (Lipinski definition) is 1. The molecule has 0 aliphatic carbocycles. The van der Waals surface area contributed by atoms with E-state index in [-0.39, 0.29) is 18.2 Å². The summed E-state index contributed by atoms with van der Waals surface area (Å²) < 4.78 is 1.58. The Kier molecular flexibility index (Phi) is 1.96. The molecule has 0 saturated heterocycles. The number of rotatable bonds is 0. The van der Waals surface area contributed by atoms with Gasteiger partial charge in [-0.05, 0) is 6.07 Å². The van der Waals surface area contributed by atoms with E-state index in [1.165, 1.54) is 6.33 Å². The number of hydrogen-bond acceptors (Lipinski definition) is 3. The highest BCUT2D eigenvalue weighted by Crippen LogP contribution is 2.08. The second kappa shape index (κ2) is 2.75. The van der Waals surface area contributed by atoms with Crippen LogP contribution in [0.1, 0.15) is 0 Å². The molecular weight excluding hydrogens is 166 g/mol. The summed E-state index contributed by atoms with van der Waals surface area (Å²) in [7, 11) is 0. The summed E-state index contributed by atoms with van der Waals surface area (Å²) in [4.78, 5) is 3.87. The zero-order valence-electron chi connectivity index (χ0n) is 5.51. The molecule has 0 aliphatic heterocycles. The van der Waals surface area contributed by atoms with E-state index in [1.807, 2.05) is 0 Å². The number of aromatic hydroxyl groups is 1. The highest BCUT2D eigenvalue weighted by atomic mass is 35.5. The van der Waals surface area contributed by atoms with Gasteiger partial charge in [-0.25, -0.2) is 9.50 Å².